The standard InChI is InChI=1S/C7H16BFO3/c1-5(10)6(4-11-2)12-7(8)3-9/h5-7,10H,3-4,8H2,1-2H3/t5-,6-,7?/m1/s1. The van der Waals surface area contributed by atoms with Crippen molar-refractivity contribution in [1.82, 2.24) is 0 Å². The molecule has 1 N–H and O–H groups in total. The molecule has 3 atom stereocenters. The van der Waals surface area contributed by atoms with Crippen LogP contribution in [0.2, 0.25) is 0 Å². The third-order valence-electron chi connectivity index (χ3n) is 1.49. The number of aliphatic hydroxyl groups excluding tert-OH is 1. The smallest absolute Gasteiger partial charge is 0.142 e. The van der Waals surface area contributed by atoms with Crippen LogP contribution in [0.15, 0.2) is 0 Å². The molecule has 0 radical (unpaired) electrons. The van der Waals surface area contributed by atoms with Gasteiger partial charge in [-0.05, 0) is 6.92 Å². The lowest BCUT2D eigenvalue weighted by atomic mass is 10.0. The molecule has 1 unspecified atom stereocenters. The van der Waals surface area contributed by atoms with E-state index in [1.54, 1.807) is 14.8 Å². The third-order valence-corrected chi connectivity index (χ3v) is 1.49. The minimum atomic E-state index is -0.640. The lowest BCUT2D eigenvalue weighted by molar-refractivity contribution is -0.0802. The van der Waals surface area contributed by atoms with Gasteiger partial charge in [-0.1, -0.05) is 0 Å². The molecule has 0 bridgehead atoms. The van der Waals surface area contributed by atoms with Crippen molar-refractivity contribution in [1.29, 1.82) is 0 Å². The van der Waals surface area contributed by atoms with Crippen molar-refractivity contribution in [2.45, 2.75) is 25.1 Å². The summed E-state index contributed by atoms with van der Waals surface area (Å²) in [5.74, 6) is 0. The first kappa shape index (κ1) is 11.9. The van der Waals surface area contributed by atoms with Crippen LogP contribution in [-0.4, -0.2) is 51.6 Å². The van der Waals surface area contributed by atoms with Gasteiger partial charge in [-0.2, -0.15) is 0 Å². The molecule has 0 saturated carbocycles. The SMILES string of the molecule is BC(CF)O[C@H](COC)[C@@H](C)O. The molecular formula is C7H16BFO3. The summed E-state index contributed by atoms with van der Waals surface area (Å²) in [7, 11) is 3.13. The fraction of sp³-hybridized carbons (Fsp3) is 1.00. The predicted molar refractivity (Wildman–Crippen MR) is 46.7 cm³/mol. The quantitative estimate of drug-likeness (QED) is 0.548. The molecule has 0 aliphatic heterocycles. The maximum absolute atomic E-state index is 12.0. The molecule has 0 saturated heterocycles. The molecule has 0 heterocycles. The van der Waals surface area contributed by atoms with Crippen molar-refractivity contribution in [3.05, 3.63) is 0 Å². The highest BCUT2D eigenvalue weighted by Gasteiger charge is 2.18. The number of alkyl halides is 1. The van der Waals surface area contributed by atoms with Crippen molar-refractivity contribution in [2.75, 3.05) is 20.4 Å². The van der Waals surface area contributed by atoms with Crippen LogP contribution in [0.1, 0.15) is 6.92 Å². The number of ether oxygens (including phenoxy) is 2. The van der Waals surface area contributed by atoms with Crippen LogP contribution in [0.3, 0.4) is 0 Å². The molecule has 0 fully saturated rings. The third kappa shape index (κ3) is 4.69. The van der Waals surface area contributed by atoms with Crippen LogP contribution in [0, 0.1) is 0 Å². The largest absolute Gasteiger partial charge is 0.391 e. The molecule has 3 nitrogen and oxygen atoms in total. The molecule has 12 heavy (non-hydrogen) atoms. The van der Waals surface area contributed by atoms with Crippen molar-refractivity contribution < 1.29 is 19.0 Å². The summed E-state index contributed by atoms with van der Waals surface area (Å²) in [5, 5.41) is 9.16. The van der Waals surface area contributed by atoms with Gasteiger partial charge in [-0.3, -0.25) is 0 Å². The normalized spacial score (nSPS) is 18.7. The van der Waals surface area contributed by atoms with E-state index in [-0.39, 0.29) is 6.61 Å². The maximum Gasteiger partial charge on any atom is 0.142 e. The van der Waals surface area contributed by atoms with Gasteiger partial charge < -0.3 is 14.6 Å². The lowest BCUT2D eigenvalue weighted by Gasteiger charge is -2.22. The first-order valence-electron chi connectivity index (χ1n) is 4.00. The van der Waals surface area contributed by atoms with Crippen LogP contribution >= 0.6 is 0 Å². The van der Waals surface area contributed by atoms with Gasteiger partial charge in [0, 0.05) is 7.11 Å². The first-order chi connectivity index (χ1) is 5.61. The van der Waals surface area contributed by atoms with Gasteiger partial charge >= 0.3 is 0 Å². The summed E-state index contributed by atoms with van der Waals surface area (Å²) in [6.45, 7) is 1.32. The van der Waals surface area contributed by atoms with E-state index in [2.05, 4.69) is 0 Å². The Morgan fingerprint density at radius 2 is 2.17 bits per heavy atom. The molecule has 0 aromatic heterocycles. The van der Waals surface area contributed by atoms with Gasteiger partial charge in [0.15, 0.2) is 0 Å². The van der Waals surface area contributed by atoms with Crippen molar-refractivity contribution >= 4 is 7.85 Å². The van der Waals surface area contributed by atoms with E-state index >= 15 is 0 Å². The average molecular weight is 178 g/mol. The lowest BCUT2D eigenvalue weighted by Crippen LogP contribution is -2.35. The van der Waals surface area contributed by atoms with E-state index < -0.39 is 24.9 Å². The van der Waals surface area contributed by atoms with Gasteiger partial charge in [-0.15, -0.1) is 0 Å². The number of aliphatic hydroxyl groups is 1. The van der Waals surface area contributed by atoms with E-state index in [1.807, 2.05) is 0 Å². The molecule has 0 amide bonds. The molecule has 0 aromatic rings. The molecule has 0 aromatic carbocycles. The highest BCUT2D eigenvalue weighted by molar-refractivity contribution is 6.11. The second-order valence-corrected chi connectivity index (χ2v) is 2.84. The molecule has 0 spiro atoms. The number of rotatable bonds is 6. The average Bonchev–Trinajstić information content (AvgIpc) is 2.03. The zero-order valence-corrected chi connectivity index (χ0v) is 7.79. The summed E-state index contributed by atoms with van der Waals surface area (Å²) in [5.41, 5.74) is 0. The number of hydrogen-bond acceptors (Lipinski definition) is 3. The Morgan fingerprint density at radius 1 is 1.58 bits per heavy atom. The molecule has 0 aliphatic carbocycles. The zero-order valence-electron chi connectivity index (χ0n) is 7.79. The summed E-state index contributed by atoms with van der Waals surface area (Å²) in [6, 6.07) is -0.486. The fourth-order valence-electron chi connectivity index (χ4n) is 0.791. The van der Waals surface area contributed by atoms with Crippen molar-refractivity contribution in [2.24, 2.45) is 0 Å². The minimum absolute atomic E-state index is 0.280. The van der Waals surface area contributed by atoms with Crippen LogP contribution in [0.25, 0.3) is 0 Å². The van der Waals surface area contributed by atoms with Crippen molar-refractivity contribution in [3.63, 3.8) is 0 Å². The van der Waals surface area contributed by atoms with Gasteiger partial charge in [-0.25, -0.2) is 4.39 Å². The van der Waals surface area contributed by atoms with Gasteiger partial charge in [0.05, 0.1) is 18.7 Å². The van der Waals surface area contributed by atoms with E-state index in [9.17, 15) is 4.39 Å². The molecule has 0 aliphatic rings. The van der Waals surface area contributed by atoms with Crippen LogP contribution in [0.5, 0.6) is 0 Å². The highest BCUT2D eigenvalue weighted by Crippen LogP contribution is 2.02. The minimum Gasteiger partial charge on any atom is -0.391 e. The van der Waals surface area contributed by atoms with E-state index in [4.69, 9.17) is 14.6 Å². The van der Waals surface area contributed by atoms with E-state index in [0.717, 1.165) is 0 Å². The van der Waals surface area contributed by atoms with Gasteiger partial charge in [0.1, 0.15) is 20.6 Å². The Hall–Kier alpha value is -0.125. The Kier molecular flexibility index (Phi) is 6.33. The van der Waals surface area contributed by atoms with Gasteiger partial charge in [0.25, 0.3) is 0 Å². The van der Waals surface area contributed by atoms with E-state index in [1.165, 1.54) is 7.11 Å². The fourth-order valence-corrected chi connectivity index (χ4v) is 0.791. The summed E-state index contributed by atoms with van der Waals surface area (Å²) in [6.07, 6.45) is -1.08. The summed E-state index contributed by atoms with van der Waals surface area (Å²) in [4.78, 5) is 0. The first-order valence-corrected chi connectivity index (χ1v) is 4.00. The zero-order chi connectivity index (χ0) is 9.56. The summed E-state index contributed by atoms with van der Waals surface area (Å²) >= 11 is 0. The molecule has 5 heteroatoms. The maximum atomic E-state index is 12.0. The van der Waals surface area contributed by atoms with Crippen molar-refractivity contribution in [3.8, 4) is 0 Å². The van der Waals surface area contributed by atoms with Crippen LogP contribution in [-0.2, 0) is 9.47 Å². The van der Waals surface area contributed by atoms with E-state index in [0.29, 0.717) is 0 Å². The Balaban J connectivity index is 3.77. The Morgan fingerprint density at radius 3 is 2.50 bits per heavy atom. The topological polar surface area (TPSA) is 38.7 Å². The second kappa shape index (κ2) is 6.40. The number of halogens is 1. The Labute approximate surface area is 73.3 Å². The molecular weight excluding hydrogens is 162 g/mol. The molecule has 0 rings (SSSR count). The predicted octanol–water partition coefficient (Wildman–Crippen LogP) is -0.673. The Bertz CT molecular complexity index is 113. The number of hydrogen-bond donors (Lipinski definition) is 1. The van der Waals surface area contributed by atoms with Gasteiger partial charge in [0.2, 0.25) is 0 Å². The van der Waals surface area contributed by atoms with Crippen LogP contribution < -0.4 is 0 Å². The highest BCUT2D eigenvalue weighted by atomic mass is 19.1. The monoisotopic (exact) mass is 178 g/mol. The second-order valence-electron chi connectivity index (χ2n) is 2.84. The van der Waals surface area contributed by atoms with Crippen LogP contribution in [0.4, 0.5) is 4.39 Å². The number of methoxy groups -OCH3 is 1. The molecule has 72 valence electrons. The summed E-state index contributed by atoms with van der Waals surface area (Å²) < 4.78 is 22.0.